The molecule has 0 aliphatic carbocycles. The first-order valence-corrected chi connectivity index (χ1v) is 11.7. The van der Waals surface area contributed by atoms with E-state index in [2.05, 4.69) is 22.5 Å². The van der Waals surface area contributed by atoms with E-state index in [0.29, 0.717) is 27.2 Å². The Kier molecular flexibility index (Phi) is 7.11. The smallest absolute Gasteiger partial charge is 0.298 e. The van der Waals surface area contributed by atoms with E-state index in [9.17, 15) is 14.0 Å². The standard InChI is InChI=1S/C26H19BrFNO3S/c1-2-6-19-13-18(14-22(27)24(19)32-16-17-9-11-20(28)12-10-17)15-23-25(30)29(26(31)33-23)21-7-4-3-5-8-21/h2-5,7-15H,1,6,16H2/b23-15-. The van der Waals surface area contributed by atoms with Crippen LogP contribution in [0, 0.1) is 5.82 Å². The van der Waals surface area contributed by atoms with Gasteiger partial charge in [-0.3, -0.25) is 9.59 Å². The lowest BCUT2D eigenvalue weighted by Gasteiger charge is -2.14. The summed E-state index contributed by atoms with van der Waals surface area (Å²) in [5.74, 6) is -0.00342. The van der Waals surface area contributed by atoms with Crippen molar-refractivity contribution in [3.63, 3.8) is 0 Å². The third-order valence-electron chi connectivity index (χ3n) is 4.91. The molecule has 0 unspecified atom stereocenters. The van der Waals surface area contributed by atoms with Gasteiger partial charge in [-0.15, -0.1) is 6.58 Å². The molecule has 4 rings (SSSR count). The Hall–Kier alpha value is -3.16. The zero-order valence-corrected chi connectivity index (χ0v) is 19.9. The molecule has 0 saturated carbocycles. The second kappa shape index (κ2) is 10.2. The Morgan fingerprint density at radius 2 is 1.79 bits per heavy atom. The Balaban J connectivity index is 1.60. The topological polar surface area (TPSA) is 46.6 Å². The predicted octanol–water partition coefficient (Wildman–Crippen LogP) is 7.14. The quantitative estimate of drug-likeness (QED) is 0.244. The number of amides is 2. The molecule has 7 heteroatoms. The molecule has 1 aliphatic heterocycles. The number of ether oxygens (including phenoxy) is 1. The van der Waals surface area contributed by atoms with E-state index in [1.54, 1.807) is 48.6 Å². The van der Waals surface area contributed by atoms with Gasteiger partial charge in [-0.25, -0.2) is 9.29 Å². The van der Waals surface area contributed by atoms with Gasteiger partial charge in [-0.05, 0) is 93.3 Å². The number of hydrogen-bond donors (Lipinski definition) is 0. The van der Waals surface area contributed by atoms with Gasteiger partial charge >= 0.3 is 0 Å². The average molecular weight is 524 g/mol. The molecule has 0 radical (unpaired) electrons. The number of allylic oxidation sites excluding steroid dienone is 1. The SMILES string of the molecule is C=CCc1cc(/C=C2\SC(=O)N(c3ccccc3)C2=O)cc(Br)c1OCc1ccc(F)cc1. The molecule has 1 aliphatic rings. The van der Waals surface area contributed by atoms with Crippen LogP contribution in [0.4, 0.5) is 14.9 Å². The Bertz CT molecular complexity index is 1240. The molecule has 0 N–H and O–H groups in total. The van der Waals surface area contributed by atoms with Crippen molar-refractivity contribution in [1.29, 1.82) is 0 Å². The van der Waals surface area contributed by atoms with Gasteiger partial charge in [0.1, 0.15) is 18.2 Å². The number of hydrogen-bond acceptors (Lipinski definition) is 4. The number of nitrogens with zero attached hydrogens (tertiary/aromatic N) is 1. The van der Waals surface area contributed by atoms with Gasteiger partial charge in [0, 0.05) is 0 Å². The fourth-order valence-corrected chi connectivity index (χ4v) is 4.86. The molecule has 0 aromatic heterocycles. The van der Waals surface area contributed by atoms with Gasteiger partial charge in [0.05, 0.1) is 15.1 Å². The number of thioether (sulfide) groups is 1. The van der Waals surface area contributed by atoms with E-state index >= 15 is 0 Å². The zero-order valence-electron chi connectivity index (χ0n) is 17.5. The minimum absolute atomic E-state index is 0.276. The summed E-state index contributed by atoms with van der Waals surface area (Å²) in [6.45, 7) is 4.09. The Morgan fingerprint density at radius 3 is 2.48 bits per heavy atom. The summed E-state index contributed by atoms with van der Waals surface area (Å²) in [7, 11) is 0. The first-order valence-electron chi connectivity index (χ1n) is 10.1. The molecule has 3 aromatic carbocycles. The summed E-state index contributed by atoms with van der Waals surface area (Å²) in [5.41, 5.74) is 3.01. The summed E-state index contributed by atoms with van der Waals surface area (Å²) in [6.07, 6.45) is 4.01. The lowest BCUT2D eigenvalue weighted by molar-refractivity contribution is -0.113. The highest BCUT2D eigenvalue weighted by Crippen LogP contribution is 2.38. The van der Waals surface area contributed by atoms with Crippen LogP contribution in [0.2, 0.25) is 0 Å². The zero-order chi connectivity index (χ0) is 23.4. The highest BCUT2D eigenvalue weighted by molar-refractivity contribution is 9.10. The van der Waals surface area contributed by atoms with Gasteiger partial charge in [-0.1, -0.05) is 36.4 Å². The minimum atomic E-state index is -0.353. The number of carbonyl (C=O) groups excluding carboxylic acids is 2. The second-order valence-electron chi connectivity index (χ2n) is 7.25. The number of anilines is 1. The average Bonchev–Trinajstić information content (AvgIpc) is 3.08. The molecular weight excluding hydrogens is 505 g/mol. The fourth-order valence-electron chi connectivity index (χ4n) is 3.38. The highest BCUT2D eigenvalue weighted by Gasteiger charge is 2.36. The number of benzene rings is 3. The molecule has 3 aromatic rings. The summed E-state index contributed by atoms with van der Waals surface area (Å²) >= 11 is 4.47. The molecule has 2 amide bonds. The fraction of sp³-hybridized carbons (Fsp3) is 0.0769. The van der Waals surface area contributed by atoms with Crippen LogP contribution in [-0.2, 0) is 17.8 Å². The van der Waals surface area contributed by atoms with E-state index in [4.69, 9.17) is 4.74 Å². The number of carbonyl (C=O) groups is 2. The van der Waals surface area contributed by atoms with E-state index < -0.39 is 0 Å². The molecule has 0 spiro atoms. The van der Waals surface area contributed by atoms with Gasteiger partial charge < -0.3 is 4.74 Å². The molecule has 1 fully saturated rings. The van der Waals surface area contributed by atoms with Gasteiger partial charge in [0.2, 0.25) is 0 Å². The van der Waals surface area contributed by atoms with Crippen molar-refractivity contribution in [2.24, 2.45) is 0 Å². The van der Waals surface area contributed by atoms with Crippen LogP contribution in [0.15, 0.2) is 88.8 Å². The van der Waals surface area contributed by atoms with Crippen molar-refractivity contribution >= 4 is 50.6 Å². The van der Waals surface area contributed by atoms with E-state index in [0.717, 1.165) is 28.5 Å². The lowest BCUT2D eigenvalue weighted by atomic mass is 10.1. The van der Waals surface area contributed by atoms with Gasteiger partial charge in [0.15, 0.2) is 0 Å². The molecule has 0 atom stereocenters. The second-order valence-corrected chi connectivity index (χ2v) is 9.10. The minimum Gasteiger partial charge on any atom is -0.487 e. The van der Waals surface area contributed by atoms with Crippen LogP contribution in [0.3, 0.4) is 0 Å². The van der Waals surface area contributed by atoms with E-state index in [-0.39, 0.29) is 23.6 Å². The van der Waals surface area contributed by atoms with Crippen molar-refractivity contribution in [1.82, 2.24) is 0 Å². The first kappa shape index (κ1) is 23.0. The molecule has 33 heavy (non-hydrogen) atoms. The van der Waals surface area contributed by atoms with Crippen LogP contribution < -0.4 is 9.64 Å². The molecule has 0 bridgehead atoms. The van der Waals surface area contributed by atoms with Crippen molar-refractivity contribution in [2.45, 2.75) is 13.0 Å². The highest BCUT2D eigenvalue weighted by atomic mass is 79.9. The van der Waals surface area contributed by atoms with Crippen LogP contribution in [-0.4, -0.2) is 11.1 Å². The van der Waals surface area contributed by atoms with Crippen molar-refractivity contribution in [2.75, 3.05) is 4.90 Å². The monoisotopic (exact) mass is 523 g/mol. The predicted molar refractivity (Wildman–Crippen MR) is 134 cm³/mol. The Morgan fingerprint density at radius 1 is 1.06 bits per heavy atom. The number of halogens is 2. The van der Waals surface area contributed by atoms with E-state index in [1.165, 1.54) is 17.0 Å². The van der Waals surface area contributed by atoms with Crippen LogP contribution in [0.5, 0.6) is 5.75 Å². The largest absolute Gasteiger partial charge is 0.487 e. The third kappa shape index (κ3) is 5.26. The summed E-state index contributed by atoms with van der Waals surface area (Å²) < 4.78 is 19.9. The Labute approximate surface area is 203 Å². The molecule has 1 saturated heterocycles. The maximum absolute atomic E-state index is 13.1. The normalized spacial score (nSPS) is 14.7. The van der Waals surface area contributed by atoms with Crippen molar-refractivity contribution in [3.8, 4) is 5.75 Å². The van der Waals surface area contributed by atoms with Crippen molar-refractivity contribution in [3.05, 3.63) is 111 Å². The van der Waals surface area contributed by atoms with E-state index in [1.807, 2.05) is 18.2 Å². The molecule has 166 valence electrons. The summed E-state index contributed by atoms with van der Waals surface area (Å²) in [4.78, 5) is 26.9. The number of imide groups is 1. The number of para-hydroxylation sites is 1. The maximum atomic E-state index is 13.1. The van der Waals surface area contributed by atoms with Crippen molar-refractivity contribution < 1.29 is 18.7 Å². The first-order chi connectivity index (χ1) is 16.0. The summed E-state index contributed by atoms with van der Waals surface area (Å²) in [5, 5.41) is -0.331. The maximum Gasteiger partial charge on any atom is 0.298 e. The molecular formula is C26H19BrFNO3S. The lowest BCUT2D eigenvalue weighted by Crippen LogP contribution is -2.27. The molecule has 4 nitrogen and oxygen atoms in total. The molecule has 1 heterocycles. The van der Waals surface area contributed by atoms with Crippen LogP contribution in [0.25, 0.3) is 6.08 Å². The van der Waals surface area contributed by atoms with Gasteiger partial charge in [0.25, 0.3) is 11.1 Å². The summed E-state index contributed by atoms with van der Waals surface area (Å²) in [6, 6.07) is 18.7. The van der Waals surface area contributed by atoms with Crippen LogP contribution in [0.1, 0.15) is 16.7 Å². The van der Waals surface area contributed by atoms with Gasteiger partial charge in [-0.2, -0.15) is 0 Å². The van der Waals surface area contributed by atoms with Crippen LogP contribution >= 0.6 is 27.7 Å². The number of rotatable bonds is 7. The third-order valence-corrected chi connectivity index (χ3v) is 6.37.